The first-order chi connectivity index (χ1) is 21.6. The van der Waals surface area contributed by atoms with Gasteiger partial charge in [-0.05, 0) is 54.5 Å². The molecule has 0 aliphatic heterocycles. The van der Waals surface area contributed by atoms with Crippen LogP contribution in [0.25, 0.3) is 0 Å². The van der Waals surface area contributed by atoms with Crippen molar-refractivity contribution in [3.63, 3.8) is 0 Å². The lowest BCUT2D eigenvalue weighted by Crippen LogP contribution is -2.56. The second kappa shape index (κ2) is 16.2. The van der Waals surface area contributed by atoms with E-state index >= 15 is 0 Å². The smallest absolute Gasteiger partial charge is 0.441 e. The topological polar surface area (TPSA) is 190 Å². The van der Waals surface area contributed by atoms with Crippen LogP contribution in [-0.2, 0) is 46.6 Å². The molecule has 0 aliphatic carbocycles. The number of amides is 4. The van der Waals surface area contributed by atoms with Gasteiger partial charge in [-0.25, -0.2) is 30.8 Å². The summed E-state index contributed by atoms with van der Waals surface area (Å²) in [4.78, 5) is 55.4. The second-order valence-corrected chi connectivity index (χ2v) is 11.4. The van der Waals surface area contributed by atoms with Gasteiger partial charge >= 0.3 is 12.2 Å². The number of hydrazine groups is 3. The number of rotatable bonds is 13. The van der Waals surface area contributed by atoms with Gasteiger partial charge in [-0.15, -0.1) is 28.2 Å². The van der Waals surface area contributed by atoms with Crippen molar-refractivity contribution >= 4 is 56.9 Å². The van der Waals surface area contributed by atoms with E-state index in [1.165, 1.54) is 36.5 Å². The third-order valence-electron chi connectivity index (χ3n) is 6.00. The van der Waals surface area contributed by atoms with Crippen molar-refractivity contribution in [3.05, 3.63) is 87.4 Å². The van der Waals surface area contributed by atoms with E-state index in [1.807, 2.05) is 47.2 Å². The average Bonchev–Trinajstić information content (AvgIpc) is 3.66. The van der Waals surface area contributed by atoms with Crippen molar-refractivity contribution in [3.8, 4) is 5.75 Å². The molecule has 4 amide bonds. The van der Waals surface area contributed by atoms with Crippen LogP contribution >= 0.6 is 22.7 Å². The standard InChI is InChI=1S/C29H32N8O6S2/c1-18(38)31-26-33-23(16-44-26)11-7-20-3-5-22(6-4-20)15-42-29(41)37(30)36-35-28(40)43-25-13-9-21(10-14-25)8-12-24-17-45-27(34-24)32-19(2)39/h3-6,9-10,13-14,16-17,36H,7-8,11-12,15,30H2,1-2H3,(H,35,40)(H,31,33,38)(H,32,34,39). The molecule has 6 N–H and O–H groups in total. The molecule has 0 spiro atoms. The molecule has 2 aromatic heterocycles. The van der Waals surface area contributed by atoms with Crippen molar-refractivity contribution < 1.29 is 28.7 Å². The van der Waals surface area contributed by atoms with Crippen molar-refractivity contribution in [2.75, 3.05) is 10.6 Å². The molecule has 4 aromatic rings. The molecule has 0 atom stereocenters. The first-order valence-corrected chi connectivity index (χ1v) is 15.4. The quantitative estimate of drug-likeness (QED) is 0.0798. The fraction of sp³-hybridized carbons (Fsp3) is 0.241. The Kier molecular flexibility index (Phi) is 11.9. The van der Waals surface area contributed by atoms with Crippen LogP contribution < -0.4 is 32.2 Å². The number of thiazole rings is 2. The van der Waals surface area contributed by atoms with Crippen LogP contribution in [0.4, 0.5) is 19.9 Å². The molecule has 0 fully saturated rings. The molecule has 236 valence electrons. The minimum atomic E-state index is -0.924. The Morgan fingerprint density at radius 1 is 0.756 bits per heavy atom. The van der Waals surface area contributed by atoms with Crippen LogP contribution in [0.2, 0.25) is 0 Å². The van der Waals surface area contributed by atoms with Gasteiger partial charge in [-0.1, -0.05) is 36.4 Å². The molecule has 0 bridgehead atoms. The van der Waals surface area contributed by atoms with Gasteiger partial charge in [0.15, 0.2) is 10.3 Å². The Morgan fingerprint density at radius 3 is 1.76 bits per heavy atom. The predicted octanol–water partition coefficient (Wildman–Crippen LogP) is 4.11. The van der Waals surface area contributed by atoms with E-state index in [1.54, 1.807) is 12.1 Å². The maximum atomic E-state index is 12.2. The minimum Gasteiger partial charge on any atom is -0.443 e. The molecule has 14 nitrogen and oxygen atoms in total. The molecule has 0 unspecified atom stereocenters. The largest absolute Gasteiger partial charge is 0.443 e. The van der Waals surface area contributed by atoms with E-state index in [0.29, 0.717) is 28.2 Å². The highest BCUT2D eigenvalue weighted by Crippen LogP contribution is 2.19. The van der Waals surface area contributed by atoms with Crippen molar-refractivity contribution in [1.29, 1.82) is 0 Å². The number of hydrogen-bond donors (Lipinski definition) is 5. The zero-order chi connectivity index (χ0) is 32.2. The normalized spacial score (nSPS) is 10.6. The van der Waals surface area contributed by atoms with E-state index in [0.717, 1.165) is 40.9 Å². The number of benzene rings is 2. The van der Waals surface area contributed by atoms with E-state index in [9.17, 15) is 19.2 Å². The predicted molar refractivity (Wildman–Crippen MR) is 169 cm³/mol. The highest BCUT2D eigenvalue weighted by molar-refractivity contribution is 7.14. The molecule has 2 aromatic carbocycles. The molecule has 45 heavy (non-hydrogen) atoms. The number of aryl methyl sites for hydroxylation is 4. The Bertz CT molecular complexity index is 1610. The Balaban J connectivity index is 1.11. The van der Waals surface area contributed by atoms with Crippen LogP contribution in [0.1, 0.15) is 41.9 Å². The fourth-order valence-electron chi connectivity index (χ4n) is 3.83. The van der Waals surface area contributed by atoms with E-state index in [-0.39, 0.29) is 24.2 Å². The third-order valence-corrected chi connectivity index (χ3v) is 7.62. The number of carbonyl (C=O) groups is 4. The molecule has 0 radical (unpaired) electrons. The SMILES string of the molecule is CC(=O)Nc1nc(CCc2ccc(COC(=O)N(N)NNC(=O)Oc3ccc(CCc4csc(NC(C)=O)n4)cc3)cc2)cs1. The highest BCUT2D eigenvalue weighted by Gasteiger charge is 2.13. The molecule has 4 rings (SSSR count). The minimum absolute atomic E-state index is 0.0314. The summed E-state index contributed by atoms with van der Waals surface area (Å²) in [6.45, 7) is 2.85. The average molecular weight is 653 g/mol. The number of nitrogens with one attached hydrogen (secondary N) is 4. The first kappa shape index (κ1) is 33.0. The summed E-state index contributed by atoms with van der Waals surface area (Å²) in [5.41, 5.74) is 8.97. The van der Waals surface area contributed by atoms with Gasteiger partial charge < -0.3 is 20.1 Å². The van der Waals surface area contributed by atoms with E-state index in [4.69, 9.17) is 15.3 Å². The number of anilines is 2. The zero-order valence-corrected chi connectivity index (χ0v) is 26.1. The van der Waals surface area contributed by atoms with Gasteiger partial charge in [-0.2, -0.15) is 5.12 Å². The molecule has 0 saturated heterocycles. The summed E-state index contributed by atoms with van der Waals surface area (Å²) >= 11 is 2.76. The number of ether oxygens (including phenoxy) is 2. The van der Waals surface area contributed by atoms with Crippen molar-refractivity contribution in [2.24, 2.45) is 5.84 Å². The molecular weight excluding hydrogens is 621 g/mol. The molecular formula is C29H32N8O6S2. The van der Waals surface area contributed by atoms with Crippen molar-refractivity contribution in [1.82, 2.24) is 26.0 Å². The number of hydrogen-bond acceptors (Lipinski definition) is 12. The molecule has 2 heterocycles. The maximum Gasteiger partial charge on any atom is 0.441 e. The Hall–Kier alpha value is -4.90. The number of nitrogens with zero attached hydrogens (tertiary/aromatic N) is 3. The lowest BCUT2D eigenvalue weighted by molar-refractivity contribution is -0.115. The number of nitrogens with two attached hydrogens (primary N) is 1. The third kappa shape index (κ3) is 11.3. The van der Waals surface area contributed by atoms with Gasteiger partial charge in [0.1, 0.15) is 12.4 Å². The number of carbonyl (C=O) groups excluding carboxylic acids is 4. The van der Waals surface area contributed by atoms with Gasteiger partial charge in [0, 0.05) is 24.6 Å². The summed E-state index contributed by atoms with van der Waals surface area (Å²) in [6, 6.07) is 14.5. The van der Waals surface area contributed by atoms with Crippen LogP contribution in [0.5, 0.6) is 5.75 Å². The van der Waals surface area contributed by atoms with Gasteiger partial charge in [0.05, 0.1) is 11.4 Å². The first-order valence-electron chi connectivity index (χ1n) is 13.7. The Morgan fingerprint density at radius 2 is 1.24 bits per heavy atom. The molecule has 16 heteroatoms. The lowest BCUT2D eigenvalue weighted by atomic mass is 10.1. The Labute approximate surface area is 266 Å². The maximum absolute atomic E-state index is 12.2. The monoisotopic (exact) mass is 652 g/mol. The van der Waals surface area contributed by atoms with E-state index < -0.39 is 12.2 Å². The van der Waals surface area contributed by atoms with Gasteiger partial charge in [0.25, 0.3) is 0 Å². The summed E-state index contributed by atoms with van der Waals surface area (Å²) < 4.78 is 10.4. The van der Waals surface area contributed by atoms with Crippen molar-refractivity contribution in [2.45, 2.75) is 46.1 Å². The van der Waals surface area contributed by atoms with Gasteiger partial charge in [0.2, 0.25) is 11.8 Å². The fourth-order valence-corrected chi connectivity index (χ4v) is 5.41. The van der Waals surface area contributed by atoms with Gasteiger partial charge in [-0.3, -0.25) is 9.59 Å². The molecule has 0 aliphatic rings. The zero-order valence-electron chi connectivity index (χ0n) is 24.5. The van der Waals surface area contributed by atoms with Crippen LogP contribution in [0.3, 0.4) is 0 Å². The molecule has 0 saturated carbocycles. The summed E-state index contributed by atoms with van der Waals surface area (Å²) in [7, 11) is 0. The second-order valence-electron chi connectivity index (χ2n) is 9.66. The summed E-state index contributed by atoms with van der Waals surface area (Å²) in [5, 5.41) is 10.8. The summed E-state index contributed by atoms with van der Waals surface area (Å²) in [5.74, 6) is 5.59. The van der Waals surface area contributed by atoms with E-state index in [2.05, 4.69) is 31.6 Å². The summed E-state index contributed by atoms with van der Waals surface area (Å²) in [6.07, 6.45) is 1.06. The number of aromatic nitrogens is 2. The van der Waals surface area contributed by atoms with Crippen LogP contribution in [0, 0.1) is 0 Å². The highest BCUT2D eigenvalue weighted by atomic mass is 32.1. The van der Waals surface area contributed by atoms with Crippen LogP contribution in [-0.4, -0.2) is 39.1 Å². The lowest BCUT2D eigenvalue weighted by Gasteiger charge is -2.17. The van der Waals surface area contributed by atoms with Crippen LogP contribution in [0.15, 0.2) is 59.3 Å².